The zero-order valence-corrected chi connectivity index (χ0v) is 19.7. The van der Waals surface area contributed by atoms with Gasteiger partial charge in [0.15, 0.2) is 0 Å². The Kier molecular flexibility index (Phi) is 7.24. The SMILES string of the molecule is CNC(=O)COCCOc1ccc(-c2ccc(C(=O)NC3C(C)(C)CC3(C)C)cc2)cc1. The van der Waals surface area contributed by atoms with Crippen LogP contribution in [0.1, 0.15) is 44.5 Å². The second kappa shape index (κ2) is 9.74. The topological polar surface area (TPSA) is 76.7 Å². The molecule has 0 saturated heterocycles. The Morgan fingerprint density at radius 3 is 2.00 bits per heavy atom. The van der Waals surface area contributed by atoms with Gasteiger partial charge in [0.25, 0.3) is 5.91 Å². The van der Waals surface area contributed by atoms with Crippen LogP contribution in [0, 0.1) is 10.8 Å². The zero-order chi connectivity index (χ0) is 23.4. The van der Waals surface area contributed by atoms with Crippen molar-refractivity contribution >= 4 is 11.8 Å². The third-order valence-electron chi connectivity index (χ3n) is 6.09. The minimum absolute atomic E-state index is 0.0233. The van der Waals surface area contributed by atoms with E-state index in [2.05, 4.69) is 38.3 Å². The highest BCUT2D eigenvalue weighted by Gasteiger charge is 2.53. The first-order valence-corrected chi connectivity index (χ1v) is 11.0. The van der Waals surface area contributed by atoms with E-state index in [0.717, 1.165) is 23.3 Å². The average molecular weight is 439 g/mol. The van der Waals surface area contributed by atoms with Crippen LogP contribution in [0.4, 0.5) is 0 Å². The van der Waals surface area contributed by atoms with E-state index in [1.807, 2.05) is 48.5 Å². The number of carbonyl (C=O) groups excluding carboxylic acids is 2. The Labute approximate surface area is 190 Å². The molecular formula is C26H34N2O4. The number of rotatable bonds is 9. The largest absolute Gasteiger partial charge is 0.491 e. The van der Waals surface area contributed by atoms with E-state index in [1.54, 1.807) is 7.05 Å². The van der Waals surface area contributed by atoms with Crippen molar-refractivity contribution < 1.29 is 19.1 Å². The van der Waals surface area contributed by atoms with Gasteiger partial charge < -0.3 is 20.1 Å². The summed E-state index contributed by atoms with van der Waals surface area (Å²) in [7, 11) is 1.57. The fraction of sp³-hybridized carbons (Fsp3) is 0.462. The van der Waals surface area contributed by atoms with E-state index in [4.69, 9.17) is 9.47 Å². The first-order valence-electron chi connectivity index (χ1n) is 11.0. The van der Waals surface area contributed by atoms with Gasteiger partial charge in [0.1, 0.15) is 19.0 Å². The van der Waals surface area contributed by atoms with Crippen LogP contribution in [0.25, 0.3) is 11.1 Å². The van der Waals surface area contributed by atoms with Gasteiger partial charge in [-0.1, -0.05) is 52.0 Å². The molecule has 0 spiro atoms. The molecule has 6 nitrogen and oxygen atoms in total. The maximum atomic E-state index is 12.8. The maximum absolute atomic E-state index is 12.8. The van der Waals surface area contributed by atoms with Gasteiger partial charge in [-0.3, -0.25) is 9.59 Å². The van der Waals surface area contributed by atoms with Crippen LogP contribution in [0.5, 0.6) is 5.75 Å². The van der Waals surface area contributed by atoms with E-state index >= 15 is 0 Å². The molecule has 0 aromatic heterocycles. The van der Waals surface area contributed by atoms with Crippen LogP contribution in [0.3, 0.4) is 0 Å². The van der Waals surface area contributed by atoms with Crippen molar-refractivity contribution in [2.75, 3.05) is 26.9 Å². The second-order valence-electron chi connectivity index (χ2n) is 9.74. The quantitative estimate of drug-likeness (QED) is 0.579. The van der Waals surface area contributed by atoms with E-state index in [9.17, 15) is 9.59 Å². The Hall–Kier alpha value is -2.86. The number of benzene rings is 2. The lowest BCUT2D eigenvalue weighted by Gasteiger charge is -2.57. The Bertz CT molecular complexity index is 919. The van der Waals surface area contributed by atoms with Crippen LogP contribution in [0.2, 0.25) is 0 Å². The minimum atomic E-state index is -0.159. The summed E-state index contributed by atoms with van der Waals surface area (Å²) in [6.45, 7) is 9.57. The Morgan fingerprint density at radius 2 is 1.47 bits per heavy atom. The summed E-state index contributed by atoms with van der Waals surface area (Å²) in [5, 5.41) is 5.73. The molecule has 1 aliphatic carbocycles. The van der Waals surface area contributed by atoms with Crippen molar-refractivity contribution in [1.82, 2.24) is 10.6 Å². The molecule has 0 aliphatic heterocycles. The number of amides is 2. The van der Waals surface area contributed by atoms with Gasteiger partial charge in [0.05, 0.1) is 6.61 Å². The van der Waals surface area contributed by atoms with Crippen LogP contribution in [-0.4, -0.2) is 44.7 Å². The lowest BCUT2D eigenvalue weighted by molar-refractivity contribution is -0.125. The molecule has 1 fully saturated rings. The van der Waals surface area contributed by atoms with Gasteiger partial charge in [-0.05, 0) is 52.6 Å². The summed E-state index contributed by atoms with van der Waals surface area (Å²) in [6.07, 6.45) is 1.10. The summed E-state index contributed by atoms with van der Waals surface area (Å²) in [5.74, 6) is 0.553. The van der Waals surface area contributed by atoms with E-state index in [0.29, 0.717) is 18.8 Å². The van der Waals surface area contributed by atoms with Crippen LogP contribution < -0.4 is 15.4 Å². The second-order valence-corrected chi connectivity index (χ2v) is 9.74. The molecule has 0 bridgehead atoms. The average Bonchev–Trinajstić information content (AvgIpc) is 2.76. The van der Waals surface area contributed by atoms with E-state index < -0.39 is 0 Å². The van der Waals surface area contributed by atoms with Crippen molar-refractivity contribution in [1.29, 1.82) is 0 Å². The number of likely N-dealkylation sites (N-methyl/N-ethyl adjacent to an activating group) is 1. The van der Waals surface area contributed by atoms with Crippen LogP contribution >= 0.6 is 0 Å². The predicted octanol–water partition coefficient (Wildman–Crippen LogP) is 4.05. The van der Waals surface area contributed by atoms with Crippen molar-refractivity contribution in [2.24, 2.45) is 10.8 Å². The molecule has 1 aliphatic rings. The van der Waals surface area contributed by atoms with Gasteiger partial charge in [-0.15, -0.1) is 0 Å². The first-order chi connectivity index (χ1) is 15.1. The number of ether oxygens (including phenoxy) is 2. The van der Waals surface area contributed by atoms with Gasteiger partial charge in [0.2, 0.25) is 5.91 Å². The molecule has 2 aromatic rings. The minimum Gasteiger partial charge on any atom is -0.491 e. The molecule has 3 rings (SSSR count). The third-order valence-corrected chi connectivity index (χ3v) is 6.09. The normalized spacial score (nSPS) is 16.7. The number of hydrogen-bond acceptors (Lipinski definition) is 4. The Balaban J connectivity index is 1.52. The van der Waals surface area contributed by atoms with Gasteiger partial charge in [-0.2, -0.15) is 0 Å². The summed E-state index contributed by atoms with van der Waals surface area (Å²) in [5.41, 5.74) is 3.00. The zero-order valence-electron chi connectivity index (χ0n) is 19.7. The summed E-state index contributed by atoms with van der Waals surface area (Å²) >= 11 is 0. The summed E-state index contributed by atoms with van der Waals surface area (Å²) < 4.78 is 10.9. The van der Waals surface area contributed by atoms with Crippen LogP contribution in [-0.2, 0) is 9.53 Å². The van der Waals surface area contributed by atoms with Crippen molar-refractivity contribution in [3.05, 3.63) is 54.1 Å². The molecular weight excluding hydrogens is 404 g/mol. The molecule has 0 unspecified atom stereocenters. The highest BCUT2D eigenvalue weighted by atomic mass is 16.5. The molecule has 2 aromatic carbocycles. The Morgan fingerprint density at radius 1 is 0.906 bits per heavy atom. The molecule has 0 radical (unpaired) electrons. The molecule has 1 saturated carbocycles. The summed E-state index contributed by atoms with van der Waals surface area (Å²) in [4.78, 5) is 23.8. The monoisotopic (exact) mass is 438 g/mol. The highest BCUT2D eigenvalue weighted by molar-refractivity contribution is 5.95. The predicted molar refractivity (Wildman–Crippen MR) is 126 cm³/mol. The summed E-state index contributed by atoms with van der Waals surface area (Å²) in [6, 6.07) is 15.6. The number of carbonyl (C=O) groups is 2. The molecule has 0 atom stereocenters. The number of nitrogens with one attached hydrogen (secondary N) is 2. The maximum Gasteiger partial charge on any atom is 0.251 e. The molecule has 6 heteroatoms. The first kappa shape index (κ1) is 23.8. The molecule has 0 heterocycles. The highest BCUT2D eigenvalue weighted by Crippen LogP contribution is 2.53. The fourth-order valence-electron chi connectivity index (χ4n) is 4.92. The van der Waals surface area contributed by atoms with Gasteiger partial charge >= 0.3 is 0 Å². The van der Waals surface area contributed by atoms with Crippen molar-refractivity contribution in [3.63, 3.8) is 0 Å². The molecule has 172 valence electrons. The molecule has 2 N–H and O–H groups in total. The van der Waals surface area contributed by atoms with E-state index in [-0.39, 0.29) is 35.3 Å². The van der Waals surface area contributed by atoms with Gasteiger partial charge in [0, 0.05) is 18.7 Å². The lowest BCUT2D eigenvalue weighted by Crippen LogP contribution is -2.63. The lowest BCUT2D eigenvalue weighted by atomic mass is 9.52. The van der Waals surface area contributed by atoms with Gasteiger partial charge in [-0.25, -0.2) is 0 Å². The van der Waals surface area contributed by atoms with Crippen LogP contribution in [0.15, 0.2) is 48.5 Å². The standard InChI is InChI=1S/C26H34N2O4/c1-25(2)17-26(3,4)24(25)28-23(30)20-8-6-18(7-9-20)19-10-12-21(13-11-19)32-15-14-31-16-22(29)27-5/h6-13,24H,14-17H2,1-5H3,(H,27,29)(H,28,30). The molecule has 2 amide bonds. The third kappa shape index (κ3) is 5.68. The van der Waals surface area contributed by atoms with Crippen molar-refractivity contribution in [2.45, 2.75) is 40.2 Å². The van der Waals surface area contributed by atoms with Crippen molar-refractivity contribution in [3.8, 4) is 16.9 Å². The fourth-order valence-corrected chi connectivity index (χ4v) is 4.92. The smallest absolute Gasteiger partial charge is 0.251 e. The van der Waals surface area contributed by atoms with E-state index in [1.165, 1.54) is 0 Å². The number of hydrogen-bond donors (Lipinski definition) is 2. The molecule has 32 heavy (non-hydrogen) atoms.